The van der Waals surface area contributed by atoms with Gasteiger partial charge in [0.05, 0.1) is 5.92 Å². The van der Waals surface area contributed by atoms with Crippen LogP contribution in [0.1, 0.15) is 32.1 Å². The number of carboxylic acids is 1. The molecule has 0 bridgehead atoms. The van der Waals surface area contributed by atoms with E-state index in [4.69, 9.17) is 5.11 Å². The Morgan fingerprint density at radius 3 is 2.73 bits per heavy atom. The van der Waals surface area contributed by atoms with Crippen molar-refractivity contribution in [2.75, 3.05) is 0 Å². The van der Waals surface area contributed by atoms with Gasteiger partial charge in [0.1, 0.15) is 5.78 Å². The number of Topliss-reactive ketones (excluding diaryl/α,β-unsaturated/α-hetero) is 1. The Labute approximate surface area is 65.4 Å². The molecule has 1 saturated carbocycles. The van der Waals surface area contributed by atoms with Crippen LogP contribution in [0.5, 0.6) is 0 Å². The average molecular weight is 156 g/mol. The fourth-order valence-electron chi connectivity index (χ4n) is 1.40. The summed E-state index contributed by atoms with van der Waals surface area (Å²) in [4.78, 5) is 21.4. The van der Waals surface area contributed by atoms with E-state index in [9.17, 15) is 9.59 Å². The van der Waals surface area contributed by atoms with Crippen molar-refractivity contribution in [3.63, 3.8) is 0 Å². The van der Waals surface area contributed by atoms with E-state index in [-0.39, 0.29) is 11.7 Å². The Bertz CT molecular complexity index is 174. The Kier molecular flexibility index (Phi) is 2.63. The first-order valence-corrected chi connectivity index (χ1v) is 3.94. The van der Waals surface area contributed by atoms with Crippen LogP contribution in [0.25, 0.3) is 0 Å². The number of carbonyl (C=O) groups excluding carboxylic acids is 1. The van der Waals surface area contributed by atoms with Gasteiger partial charge in [-0.15, -0.1) is 0 Å². The maximum atomic E-state index is 10.9. The number of ketones is 1. The third-order valence-corrected chi connectivity index (χ3v) is 2.13. The van der Waals surface area contributed by atoms with Crippen LogP contribution in [-0.4, -0.2) is 16.9 Å². The number of carboxylic acid groups (broad SMARTS) is 1. The van der Waals surface area contributed by atoms with Gasteiger partial charge in [0, 0.05) is 12.8 Å². The van der Waals surface area contributed by atoms with Crippen molar-refractivity contribution < 1.29 is 14.7 Å². The second-order valence-corrected chi connectivity index (χ2v) is 3.00. The maximum Gasteiger partial charge on any atom is 0.306 e. The lowest BCUT2D eigenvalue weighted by molar-refractivity contribution is -0.142. The lowest BCUT2D eigenvalue weighted by atomic mass is 10.0. The zero-order chi connectivity index (χ0) is 8.27. The molecule has 0 amide bonds. The van der Waals surface area contributed by atoms with E-state index >= 15 is 0 Å². The molecule has 1 fully saturated rings. The van der Waals surface area contributed by atoms with Gasteiger partial charge in [0.25, 0.3) is 0 Å². The van der Waals surface area contributed by atoms with Gasteiger partial charge in [-0.2, -0.15) is 0 Å². The molecular weight excluding hydrogens is 144 g/mol. The Hall–Kier alpha value is -0.860. The molecule has 62 valence electrons. The molecule has 1 aliphatic carbocycles. The van der Waals surface area contributed by atoms with Crippen molar-refractivity contribution in [1.29, 1.82) is 0 Å². The normalized spacial score (nSPS) is 26.2. The quantitative estimate of drug-likeness (QED) is 0.581. The van der Waals surface area contributed by atoms with Gasteiger partial charge in [-0.1, -0.05) is 0 Å². The molecule has 0 aromatic carbocycles. The van der Waals surface area contributed by atoms with Gasteiger partial charge in [0.15, 0.2) is 0 Å². The number of rotatable bonds is 1. The predicted octanol–water partition coefficient (Wildman–Crippen LogP) is 1.22. The largest absolute Gasteiger partial charge is 0.481 e. The van der Waals surface area contributed by atoms with Crippen LogP contribution >= 0.6 is 0 Å². The van der Waals surface area contributed by atoms with Gasteiger partial charge in [-0.05, 0) is 19.3 Å². The molecule has 11 heavy (non-hydrogen) atoms. The highest BCUT2D eigenvalue weighted by molar-refractivity contribution is 5.80. The Morgan fingerprint density at radius 2 is 2.09 bits per heavy atom. The summed E-state index contributed by atoms with van der Waals surface area (Å²) < 4.78 is 0. The van der Waals surface area contributed by atoms with Crippen LogP contribution in [0, 0.1) is 5.92 Å². The van der Waals surface area contributed by atoms with E-state index < -0.39 is 5.97 Å². The highest BCUT2D eigenvalue weighted by Gasteiger charge is 2.21. The lowest BCUT2D eigenvalue weighted by Crippen LogP contribution is -2.12. The molecule has 0 aliphatic heterocycles. The van der Waals surface area contributed by atoms with Crippen molar-refractivity contribution in [2.45, 2.75) is 32.1 Å². The molecule has 1 rings (SSSR count). The summed E-state index contributed by atoms with van der Waals surface area (Å²) in [6.45, 7) is 0. The van der Waals surface area contributed by atoms with Crippen LogP contribution in [0.2, 0.25) is 0 Å². The molecule has 0 heterocycles. The van der Waals surface area contributed by atoms with Gasteiger partial charge in [-0.25, -0.2) is 0 Å². The fourth-order valence-corrected chi connectivity index (χ4v) is 1.40. The molecule has 0 unspecified atom stereocenters. The van der Waals surface area contributed by atoms with Crippen molar-refractivity contribution in [2.24, 2.45) is 5.92 Å². The zero-order valence-electron chi connectivity index (χ0n) is 6.38. The first kappa shape index (κ1) is 8.24. The minimum absolute atomic E-state index is 0.216. The minimum atomic E-state index is -0.750. The summed E-state index contributed by atoms with van der Waals surface area (Å²) in [5, 5.41) is 8.64. The summed E-state index contributed by atoms with van der Waals surface area (Å²) in [5.41, 5.74) is 0. The summed E-state index contributed by atoms with van der Waals surface area (Å²) in [7, 11) is 0. The second kappa shape index (κ2) is 3.51. The molecule has 1 atom stereocenters. The molecule has 0 saturated heterocycles. The molecular formula is C8H12O3. The molecule has 0 spiro atoms. The second-order valence-electron chi connectivity index (χ2n) is 3.00. The van der Waals surface area contributed by atoms with E-state index in [0.717, 1.165) is 6.42 Å². The molecule has 0 aromatic heterocycles. The number of aliphatic carboxylic acids is 1. The van der Waals surface area contributed by atoms with Gasteiger partial charge in [0.2, 0.25) is 0 Å². The smallest absolute Gasteiger partial charge is 0.306 e. The first-order chi connectivity index (χ1) is 5.20. The SMILES string of the molecule is O=C1CCC[C@@H](C(=O)O)CC1. The average Bonchev–Trinajstić information content (AvgIpc) is 2.13. The van der Waals surface area contributed by atoms with E-state index in [0.29, 0.717) is 25.7 Å². The van der Waals surface area contributed by atoms with Crippen LogP contribution in [0.3, 0.4) is 0 Å². The Balaban J connectivity index is 2.46. The zero-order valence-corrected chi connectivity index (χ0v) is 6.38. The minimum Gasteiger partial charge on any atom is -0.481 e. The fraction of sp³-hybridized carbons (Fsp3) is 0.750. The number of hydrogen-bond acceptors (Lipinski definition) is 2. The van der Waals surface area contributed by atoms with Crippen molar-refractivity contribution in [3.8, 4) is 0 Å². The standard InChI is InChI=1S/C8H12O3/c9-7-3-1-2-6(4-5-7)8(10)11/h6H,1-5H2,(H,10,11)/t6-/m1/s1. The molecule has 3 heteroatoms. The van der Waals surface area contributed by atoms with E-state index in [1.807, 2.05) is 0 Å². The van der Waals surface area contributed by atoms with E-state index in [1.165, 1.54) is 0 Å². The topological polar surface area (TPSA) is 54.4 Å². The van der Waals surface area contributed by atoms with Crippen LogP contribution in [0.4, 0.5) is 0 Å². The summed E-state index contributed by atoms with van der Waals surface area (Å²) in [6, 6.07) is 0. The molecule has 1 N–H and O–H groups in total. The molecule has 3 nitrogen and oxygen atoms in total. The van der Waals surface area contributed by atoms with Crippen molar-refractivity contribution in [1.82, 2.24) is 0 Å². The van der Waals surface area contributed by atoms with Crippen LogP contribution < -0.4 is 0 Å². The highest BCUT2D eigenvalue weighted by atomic mass is 16.4. The summed E-state index contributed by atoms with van der Waals surface area (Å²) in [6.07, 6.45) is 2.98. The summed E-state index contributed by atoms with van der Waals surface area (Å²) >= 11 is 0. The van der Waals surface area contributed by atoms with Gasteiger partial charge in [-0.3, -0.25) is 9.59 Å². The Morgan fingerprint density at radius 1 is 1.36 bits per heavy atom. The van der Waals surface area contributed by atoms with Crippen LogP contribution in [-0.2, 0) is 9.59 Å². The number of carbonyl (C=O) groups is 2. The maximum absolute atomic E-state index is 10.9. The van der Waals surface area contributed by atoms with Crippen LogP contribution in [0.15, 0.2) is 0 Å². The lowest BCUT2D eigenvalue weighted by Gasteiger charge is -2.05. The molecule has 0 aromatic rings. The van der Waals surface area contributed by atoms with Crippen molar-refractivity contribution >= 4 is 11.8 Å². The van der Waals surface area contributed by atoms with Crippen molar-refractivity contribution in [3.05, 3.63) is 0 Å². The highest BCUT2D eigenvalue weighted by Crippen LogP contribution is 2.20. The third-order valence-electron chi connectivity index (χ3n) is 2.13. The predicted molar refractivity (Wildman–Crippen MR) is 39.2 cm³/mol. The molecule has 1 aliphatic rings. The van der Waals surface area contributed by atoms with Gasteiger partial charge >= 0.3 is 5.97 Å². The first-order valence-electron chi connectivity index (χ1n) is 3.94. The molecule has 0 radical (unpaired) electrons. The van der Waals surface area contributed by atoms with E-state index in [2.05, 4.69) is 0 Å². The van der Waals surface area contributed by atoms with Gasteiger partial charge < -0.3 is 5.11 Å². The third kappa shape index (κ3) is 2.33. The van der Waals surface area contributed by atoms with E-state index in [1.54, 1.807) is 0 Å². The monoisotopic (exact) mass is 156 g/mol. The number of hydrogen-bond donors (Lipinski definition) is 1. The summed E-state index contributed by atoms with van der Waals surface area (Å²) in [5.74, 6) is -0.810.